The number of fused-ring (bicyclic) bond motifs is 2. The van der Waals surface area contributed by atoms with E-state index >= 15 is 0 Å². The molecule has 2 aliphatic heterocycles. The number of rotatable bonds is 4. The van der Waals surface area contributed by atoms with Crippen molar-refractivity contribution in [1.29, 1.82) is 0 Å². The Morgan fingerprint density at radius 3 is 2.73 bits per heavy atom. The zero-order valence-corrected chi connectivity index (χ0v) is 16.3. The molecule has 30 heavy (non-hydrogen) atoms. The number of halogens is 3. The van der Waals surface area contributed by atoms with E-state index in [1.807, 2.05) is 12.1 Å². The van der Waals surface area contributed by atoms with Crippen molar-refractivity contribution in [2.24, 2.45) is 0 Å². The quantitative estimate of drug-likeness (QED) is 0.765. The minimum absolute atomic E-state index is 0.0999. The van der Waals surface area contributed by atoms with Crippen LogP contribution in [0.2, 0.25) is 0 Å². The standard InChI is InChI=1S/C20H17F3N2O4S/c21-20(22,23)11-5-6-16-13(7-11)25-19(27)17(30-16)8-18(26)24-9-12-10-28-14-3-1-2-4-15(14)29-12/h1-7,12,17H,8-10H2,(H,24,26)(H,25,27). The van der Waals surface area contributed by atoms with Crippen LogP contribution in [0.25, 0.3) is 0 Å². The third-order valence-corrected chi connectivity index (χ3v) is 5.87. The van der Waals surface area contributed by atoms with Crippen molar-refractivity contribution >= 4 is 29.3 Å². The SMILES string of the molecule is O=C(CC1Sc2ccc(C(F)(F)F)cc2NC1=O)NCC1COc2ccccc2O1. The number of thioether (sulfide) groups is 1. The first-order valence-electron chi connectivity index (χ1n) is 9.13. The summed E-state index contributed by atoms with van der Waals surface area (Å²) in [4.78, 5) is 25.0. The van der Waals surface area contributed by atoms with Gasteiger partial charge in [-0.15, -0.1) is 11.8 Å². The summed E-state index contributed by atoms with van der Waals surface area (Å²) in [6, 6.07) is 10.4. The summed E-state index contributed by atoms with van der Waals surface area (Å²) in [6.45, 7) is 0.489. The van der Waals surface area contributed by atoms with E-state index in [1.54, 1.807) is 12.1 Å². The van der Waals surface area contributed by atoms with Crippen LogP contribution < -0.4 is 20.1 Å². The first-order valence-corrected chi connectivity index (χ1v) is 10.0. The van der Waals surface area contributed by atoms with Gasteiger partial charge in [0, 0.05) is 11.3 Å². The Bertz CT molecular complexity index is 983. The van der Waals surface area contributed by atoms with E-state index in [2.05, 4.69) is 10.6 Å². The summed E-state index contributed by atoms with van der Waals surface area (Å²) >= 11 is 1.07. The van der Waals surface area contributed by atoms with Gasteiger partial charge in [-0.25, -0.2) is 0 Å². The maximum atomic E-state index is 12.8. The molecule has 0 radical (unpaired) electrons. The lowest BCUT2D eigenvalue weighted by molar-refractivity contribution is -0.137. The second-order valence-corrected chi connectivity index (χ2v) is 8.05. The van der Waals surface area contributed by atoms with E-state index in [0.717, 1.165) is 23.9 Å². The molecule has 0 bridgehead atoms. The van der Waals surface area contributed by atoms with Crippen molar-refractivity contribution in [3.8, 4) is 11.5 Å². The van der Waals surface area contributed by atoms with Crippen molar-refractivity contribution < 1.29 is 32.2 Å². The molecular weight excluding hydrogens is 421 g/mol. The van der Waals surface area contributed by atoms with Crippen LogP contribution >= 0.6 is 11.8 Å². The normalized spacial score (nSPS) is 20.2. The lowest BCUT2D eigenvalue weighted by Crippen LogP contribution is -2.42. The highest BCUT2D eigenvalue weighted by Crippen LogP contribution is 2.40. The molecular formula is C20H17F3N2O4S. The van der Waals surface area contributed by atoms with Gasteiger partial charge in [0.1, 0.15) is 12.7 Å². The Hall–Kier alpha value is -2.88. The molecule has 2 aromatic rings. The van der Waals surface area contributed by atoms with Gasteiger partial charge in [-0.3, -0.25) is 9.59 Å². The molecule has 2 aliphatic rings. The molecule has 2 N–H and O–H groups in total. The van der Waals surface area contributed by atoms with Gasteiger partial charge in [-0.1, -0.05) is 12.1 Å². The second kappa shape index (κ2) is 8.10. The first-order chi connectivity index (χ1) is 14.3. The molecule has 4 rings (SSSR count). The fourth-order valence-electron chi connectivity index (χ4n) is 3.09. The highest BCUT2D eigenvalue weighted by molar-refractivity contribution is 8.01. The molecule has 2 unspecified atom stereocenters. The van der Waals surface area contributed by atoms with Gasteiger partial charge in [0.15, 0.2) is 11.5 Å². The fraction of sp³-hybridized carbons (Fsp3) is 0.300. The molecule has 2 amide bonds. The van der Waals surface area contributed by atoms with Gasteiger partial charge in [0.25, 0.3) is 0 Å². The zero-order chi connectivity index (χ0) is 21.3. The number of ether oxygens (including phenoxy) is 2. The number of nitrogens with one attached hydrogen (secondary N) is 2. The monoisotopic (exact) mass is 438 g/mol. The molecule has 0 aliphatic carbocycles. The predicted octanol–water partition coefficient (Wildman–Crippen LogP) is 3.46. The van der Waals surface area contributed by atoms with E-state index < -0.39 is 22.9 Å². The minimum Gasteiger partial charge on any atom is -0.486 e. The van der Waals surface area contributed by atoms with Gasteiger partial charge in [-0.05, 0) is 30.3 Å². The van der Waals surface area contributed by atoms with Crippen LogP contribution in [0, 0.1) is 0 Å². The van der Waals surface area contributed by atoms with Gasteiger partial charge in [0.05, 0.1) is 23.0 Å². The Balaban J connectivity index is 1.31. The molecule has 0 saturated heterocycles. The third kappa shape index (κ3) is 4.48. The lowest BCUT2D eigenvalue weighted by atomic mass is 10.1. The number of carbonyl (C=O) groups is 2. The van der Waals surface area contributed by atoms with Crippen LogP contribution in [0.1, 0.15) is 12.0 Å². The summed E-state index contributed by atoms with van der Waals surface area (Å²) in [7, 11) is 0. The number of alkyl halides is 3. The number of hydrogen-bond donors (Lipinski definition) is 2. The van der Waals surface area contributed by atoms with Crippen LogP contribution in [0.5, 0.6) is 11.5 Å². The summed E-state index contributed by atoms with van der Waals surface area (Å²) in [5.41, 5.74) is -0.738. The summed E-state index contributed by atoms with van der Waals surface area (Å²) in [6.07, 6.45) is -4.97. The van der Waals surface area contributed by atoms with E-state index in [4.69, 9.17) is 9.47 Å². The molecule has 2 atom stereocenters. The minimum atomic E-state index is -4.49. The molecule has 0 saturated carbocycles. The maximum absolute atomic E-state index is 12.8. The lowest BCUT2D eigenvalue weighted by Gasteiger charge is -2.27. The largest absolute Gasteiger partial charge is 0.486 e. The van der Waals surface area contributed by atoms with Gasteiger partial charge in [0.2, 0.25) is 11.8 Å². The zero-order valence-electron chi connectivity index (χ0n) is 15.5. The van der Waals surface area contributed by atoms with E-state index in [1.165, 1.54) is 6.07 Å². The van der Waals surface area contributed by atoms with Gasteiger partial charge < -0.3 is 20.1 Å². The van der Waals surface area contributed by atoms with Crippen LogP contribution in [0.4, 0.5) is 18.9 Å². The summed E-state index contributed by atoms with van der Waals surface area (Å²) < 4.78 is 49.8. The molecule has 6 nitrogen and oxygen atoms in total. The molecule has 2 heterocycles. The molecule has 158 valence electrons. The van der Waals surface area contributed by atoms with E-state index in [9.17, 15) is 22.8 Å². The Kier molecular flexibility index (Phi) is 5.50. The Morgan fingerprint density at radius 1 is 1.20 bits per heavy atom. The molecule has 0 aromatic heterocycles. The van der Waals surface area contributed by atoms with Crippen molar-refractivity contribution in [3.63, 3.8) is 0 Å². The molecule has 0 spiro atoms. The third-order valence-electron chi connectivity index (χ3n) is 4.59. The van der Waals surface area contributed by atoms with Crippen LogP contribution in [-0.2, 0) is 15.8 Å². The first kappa shape index (κ1) is 20.4. The summed E-state index contributed by atoms with van der Waals surface area (Å²) in [5.74, 6) is 0.372. The number of carbonyl (C=O) groups excluding carboxylic acids is 2. The Labute approximate surface area is 174 Å². The van der Waals surface area contributed by atoms with Crippen molar-refractivity contribution in [3.05, 3.63) is 48.0 Å². The van der Waals surface area contributed by atoms with Gasteiger partial charge in [-0.2, -0.15) is 13.2 Å². The highest BCUT2D eigenvalue weighted by atomic mass is 32.2. The topological polar surface area (TPSA) is 76.7 Å². The average molecular weight is 438 g/mol. The van der Waals surface area contributed by atoms with Crippen LogP contribution in [0.15, 0.2) is 47.4 Å². The Morgan fingerprint density at radius 2 is 1.97 bits per heavy atom. The number of benzene rings is 2. The average Bonchev–Trinajstić information content (AvgIpc) is 2.71. The van der Waals surface area contributed by atoms with Crippen molar-refractivity contribution in [2.75, 3.05) is 18.5 Å². The van der Waals surface area contributed by atoms with E-state index in [-0.39, 0.29) is 37.3 Å². The van der Waals surface area contributed by atoms with Crippen molar-refractivity contribution in [2.45, 2.75) is 28.8 Å². The molecule has 2 aromatic carbocycles. The second-order valence-electron chi connectivity index (χ2n) is 6.81. The predicted molar refractivity (Wildman–Crippen MR) is 104 cm³/mol. The number of hydrogen-bond acceptors (Lipinski definition) is 5. The van der Waals surface area contributed by atoms with Gasteiger partial charge >= 0.3 is 6.18 Å². The molecule has 0 fully saturated rings. The smallest absolute Gasteiger partial charge is 0.416 e. The van der Waals surface area contributed by atoms with Crippen molar-refractivity contribution in [1.82, 2.24) is 5.32 Å². The van der Waals surface area contributed by atoms with Crippen LogP contribution in [-0.4, -0.2) is 36.3 Å². The molecule has 10 heteroatoms. The summed E-state index contributed by atoms with van der Waals surface area (Å²) in [5, 5.41) is 4.44. The fourth-order valence-corrected chi connectivity index (χ4v) is 4.18. The van der Waals surface area contributed by atoms with E-state index in [0.29, 0.717) is 16.4 Å². The number of amides is 2. The highest BCUT2D eigenvalue weighted by Gasteiger charge is 2.34. The number of anilines is 1. The van der Waals surface area contributed by atoms with Crippen LogP contribution in [0.3, 0.4) is 0 Å². The maximum Gasteiger partial charge on any atom is 0.416 e. The number of para-hydroxylation sites is 2.